The maximum atomic E-state index is 12.2. The minimum atomic E-state index is 0.0173. The van der Waals surface area contributed by atoms with E-state index in [-0.39, 0.29) is 11.7 Å². The molecule has 0 amide bonds. The Kier molecular flexibility index (Phi) is 2.15. The molecule has 0 radical (unpaired) electrons. The van der Waals surface area contributed by atoms with Gasteiger partial charge in [-0.3, -0.25) is 4.79 Å². The van der Waals surface area contributed by atoms with Crippen LogP contribution in [0.5, 0.6) is 0 Å². The molecular formula is C16H14O. The Labute approximate surface area is 101 Å². The summed E-state index contributed by atoms with van der Waals surface area (Å²) in [7, 11) is 0. The monoisotopic (exact) mass is 222 g/mol. The summed E-state index contributed by atoms with van der Waals surface area (Å²) in [5.74, 6) is 0.259. The molecule has 1 unspecified atom stereocenters. The number of rotatable bonds is 0. The third-order valence-corrected chi connectivity index (χ3v) is 3.64. The van der Waals surface area contributed by atoms with Gasteiger partial charge in [-0.1, -0.05) is 42.8 Å². The van der Waals surface area contributed by atoms with Crippen LogP contribution in [0.4, 0.5) is 0 Å². The molecule has 0 fully saturated rings. The molecule has 1 aliphatic rings. The lowest BCUT2D eigenvalue weighted by Gasteiger charge is -2.20. The van der Waals surface area contributed by atoms with Crippen molar-refractivity contribution < 1.29 is 4.79 Å². The maximum absolute atomic E-state index is 12.2. The molecule has 84 valence electrons. The van der Waals surface area contributed by atoms with Gasteiger partial charge in [-0.2, -0.15) is 0 Å². The number of carbonyl (C=O) groups is 1. The smallest absolute Gasteiger partial charge is 0.170 e. The second-order valence-corrected chi connectivity index (χ2v) is 4.76. The SMILES string of the molecule is CC1=Cc2cc3ccccc3cc2C(=O)C1C. The lowest BCUT2D eigenvalue weighted by atomic mass is 9.83. The number of Topliss-reactive ketones (excluding diaryl/α,β-unsaturated/α-hetero) is 1. The molecule has 1 aliphatic carbocycles. The zero-order chi connectivity index (χ0) is 12.0. The Balaban J connectivity index is 2.34. The summed E-state index contributed by atoms with van der Waals surface area (Å²) in [6.07, 6.45) is 2.13. The second kappa shape index (κ2) is 3.56. The zero-order valence-corrected chi connectivity index (χ0v) is 10.0. The summed E-state index contributed by atoms with van der Waals surface area (Å²) in [6.45, 7) is 4.01. The summed E-state index contributed by atoms with van der Waals surface area (Å²) in [5.41, 5.74) is 3.07. The first-order valence-electron chi connectivity index (χ1n) is 5.92. The van der Waals surface area contributed by atoms with Gasteiger partial charge in [-0.15, -0.1) is 0 Å². The number of carbonyl (C=O) groups excluding carboxylic acids is 1. The molecule has 0 aromatic heterocycles. The van der Waals surface area contributed by atoms with Crippen molar-refractivity contribution in [2.45, 2.75) is 13.8 Å². The number of hydrogen-bond acceptors (Lipinski definition) is 1. The normalized spacial score (nSPS) is 19.1. The van der Waals surface area contributed by atoms with Gasteiger partial charge in [-0.05, 0) is 35.4 Å². The van der Waals surface area contributed by atoms with E-state index in [2.05, 4.69) is 24.3 Å². The van der Waals surface area contributed by atoms with Crippen LogP contribution in [0.25, 0.3) is 16.8 Å². The third kappa shape index (κ3) is 1.50. The topological polar surface area (TPSA) is 17.1 Å². The lowest BCUT2D eigenvalue weighted by Crippen LogP contribution is -2.17. The lowest BCUT2D eigenvalue weighted by molar-refractivity contribution is 0.0946. The first kappa shape index (κ1) is 10.3. The van der Waals surface area contributed by atoms with Crippen molar-refractivity contribution in [1.82, 2.24) is 0 Å². The van der Waals surface area contributed by atoms with Crippen LogP contribution in [0, 0.1) is 5.92 Å². The van der Waals surface area contributed by atoms with E-state index in [0.717, 1.165) is 22.1 Å². The van der Waals surface area contributed by atoms with E-state index in [1.165, 1.54) is 5.39 Å². The van der Waals surface area contributed by atoms with E-state index in [4.69, 9.17) is 0 Å². The van der Waals surface area contributed by atoms with Crippen LogP contribution < -0.4 is 0 Å². The van der Waals surface area contributed by atoms with Gasteiger partial charge in [0.15, 0.2) is 5.78 Å². The fraction of sp³-hybridized carbons (Fsp3) is 0.188. The molecule has 1 atom stereocenters. The number of ketones is 1. The van der Waals surface area contributed by atoms with E-state index >= 15 is 0 Å². The summed E-state index contributed by atoms with van der Waals surface area (Å²) >= 11 is 0. The molecule has 1 heteroatoms. The van der Waals surface area contributed by atoms with Crippen LogP contribution in [-0.2, 0) is 0 Å². The molecule has 17 heavy (non-hydrogen) atoms. The van der Waals surface area contributed by atoms with Crippen LogP contribution in [0.3, 0.4) is 0 Å². The molecule has 0 heterocycles. The van der Waals surface area contributed by atoms with Crippen molar-refractivity contribution in [1.29, 1.82) is 0 Å². The number of allylic oxidation sites excluding steroid dienone is 1. The fourth-order valence-electron chi connectivity index (χ4n) is 2.40. The van der Waals surface area contributed by atoms with Crippen LogP contribution in [0.2, 0.25) is 0 Å². The molecule has 2 aromatic carbocycles. The first-order chi connectivity index (χ1) is 8.16. The van der Waals surface area contributed by atoms with Gasteiger partial charge in [-0.25, -0.2) is 0 Å². The van der Waals surface area contributed by atoms with Gasteiger partial charge in [0.25, 0.3) is 0 Å². The number of fused-ring (bicyclic) bond motifs is 2. The standard InChI is InChI=1S/C16H14O/c1-10-7-14-8-12-5-3-4-6-13(12)9-15(14)16(17)11(10)2/h3-9,11H,1-2H3. The zero-order valence-electron chi connectivity index (χ0n) is 10.0. The van der Waals surface area contributed by atoms with Crippen LogP contribution in [0.1, 0.15) is 29.8 Å². The van der Waals surface area contributed by atoms with Crippen LogP contribution >= 0.6 is 0 Å². The van der Waals surface area contributed by atoms with E-state index in [9.17, 15) is 4.79 Å². The van der Waals surface area contributed by atoms with Crippen molar-refractivity contribution in [2.75, 3.05) is 0 Å². The van der Waals surface area contributed by atoms with Crippen LogP contribution in [0.15, 0.2) is 42.0 Å². The van der Waals surface area contributed by atoms with E-state index in [1.807, 2.05) is 32.0 Å². The van der Waals surface area contributed by atoms with E-state index in [1.54, 1.807) is 0 Å². The predicted octanol–water partition coefficient (Wildman–Crippen LogP) is 4.08. The maximum Gasteiger partial charge on any atom is 0.170 e. The van der Waals surface area contributed by atoms with Crippen molar-refractivity contribution in [3.05, 3.63) is 53.1 Å². The molecule has 0 spiro atoms. The first-order valence-corrected chi connectivity index (χ1v) is 5.92. The van der Waals surface area contributed by atoms with Crippen molar-refractivity contribution in [2.24, 2.45) is 5.92 Å². The highest BCUT2D eigenvalue weighted by atomic mass is 16.1. The van der Waals surface area contributed by atoms with Gasteiger partial charge in [0.1, 0.15) is 0 Å². The summed E-state index contributed by atoms with van der Waals surface area (Å²) in [4.78, 5) is 12.2. The molecule has 0 saturated heterocycles. The highest BCUT2D eigenvalue weighted by molar-refractivity contribution is 6.08. The van der Waals surface area contributed by atoms with Crippen molar-refractivity contribution in [3.63, 3.8) is 0 Å². The minimum absolute atomic E-state index is 0.0173. The molecule has 3 rings (SSSR count). The molecule has 1 nitrogen and oxygen atoms in total. The fourth-order valence-corrected chi connectivity index (χ4v) is 2.40. The summed E-state index contributed by atoms with van der Waals surface area (Å²) in [5, 5.41) is 2.33. The molecular weight excluding hydrogens is 208 g/mol. The average molecular weight is 222 g/mol. The highest BCUT2D eigenvalue weighted by Gasteiger charge is 2.23. The molecule has 0 N–H and O–H groups in total. The molecule has 0 bridgehead atoms. The Morgan fingerprint density at radius 3 is 2.41 bits per heavy atom. The van der Waals surface area contributed by atoms with Gasteiger partial charge in [0.2, 0.25) is 0 Å². The Morgan fingerprint density at radius 1 is 1.06 bits per heavy atom. The van der Waals surface area contributed by atoms with Gasteiger partial charge >= 0.3 is 0 Å². The summed E-state index contributed by atoms with van der Waals surface area (Å²) < 4.78 is 0. The third-order valence-electron chi connectivity index (χ3n) is 3.64. The van der Waals surface area contributed by atoms with Gasteiger partial charge in [0, 0.05) is 11.5 Å². The second-order valence-electron chi connectivity index (χ2n) is 4.76. The quantitative estimate of drug-likeness (QED) is 0.656. The van der Waals surface area contributed by atoms with Crippen LogP contribution in [-0.4, -0.2) is 5.78 Å². The van der Waals surface area contributed by atoms with Gasteiger partial charge < -0.3 is 0 Å². The Hall–Kier alpha value is -1.89. The Morgan fingerprint density at radius 2 is 1.71 bits per heavy atom. The predicted molar refractivity (Wildman–Crippen MR) is 71.1 cm³/mol. The van der Waals surface area contributed by atoms with E-state index < -0.39 is 0 Å². The number of benzene rings is 2. The number of hydrogen-bond donors (Lipinski definition) is 0. The molecule has 2 aromatic rings. The minimum Gasteiger partial charge on any atom is -0.293 e. The highest BCUT2D eigenvalue weighted by Crippen LogP contribution is 2.31. The largest absolute Gasteiger partial charge is 0.293 e. The molecule has 0 aliphatic heterocycles. The van der Waals surface area contributed by atoms with Gasteiger partial charge in [0.05, 0.1) is 0 Å². The van der Waals surface area contributed by atoms with Crippen molar-refractivity contribution >= 4 is 22.6 Å². The van der Waals surface area contributed by atoms with E-state index in [0.29, 0.717) is 0 Å². The molecule has 0 saturated carbocycles. The summed E-state index contributed by atoms with van der Waals surface area (Å²) in [6, 6.07) is 12.3. The average Bonchev–Trinajstić information content (AvgIpc) is 2.34. The van der Waals surface area contributed by atoms with Crippen molar-refractivity contribution in [3.8, 4) is 0 Å². The Bertz CT molecular complexity index is 650.